The van der Waals surface area contributed by atoms with Crippen LogP contribution in [0.3, 0.4) is 0 Å². The van der Waals surface area contributed by atoms with E-state index in [1.807, 2.05) is 0 Å². The molecule has 0 aliphatic heterocycles. The second-order valence-corrected chi connectivity index (χ2v) is 7.40. The summed E-state index contributed by atoms with van der Waals surface area (Å²) in [4.78, 5) is 11.7. The second-order valence-electron chi connectivity index (χ2n) is 7.40. The zero-order chi connectivity index (χ0) is 21.2. The first-order valence-corrected chi connectivity index (χ1v) is 10.8. The van der Waals surface area contributed by atoms with Gasteiger partial charge >= 0.3 is 0 Å². The van der Waals surface area contributed by atoms with E-state index in [1.54, 1.807) is 0 Å². The predicted molar refractivity (Wildman–Crippen MR) is 109 cm³/mol. The van der Waals surface area contributed by atoms with Crippen LogP contribution >= 0.6 is 0 Å². The Kier molecular flexibility index (Phi) is 17.8. The third kappa shape index (κ3) is 13.4. The maximum absolute atomic E-state index is 11.7. The van der Waals surface area contributed by atoms with E-state index in [0.717, 1.165) is 13.0 Å². The van der Waals surface area contributed by atoms with Crippen molar-refractivity contribution < 1.29 is 30.3 Å². The molecule has 0 saturated heterocycles. The van der Waals surface area contributed by atoms with E-state index in [-0.39, 0.29) is 6.54 Å². The molecule has 7 N–H and O–H groups in total. The maximum atomic E-state index is 11.7. The Bertz CT molecular complexity index is 373. The molecule has 0 spiro atoms. The van der Waals surface area contributed by atoms with Crippen molar-refractivity contribution in [3.63, 3.8) is 0 Å². The van der Waals surface area contributed by atoms with Gasteiger partial charge in [0.05, 0.1) is 6.61 Å². The summed E-state index contributed by atoms with van der Waals surface area (Å²) in [6.45, 7) is 3.12. The minimum Gasteiger partial charge on any atom is -0.394 e. The largest absolute Gasteiger partial charge is 0.394 e. The number of carbonyl (C=O) groups excluding carboxylic acids is 1. The molecule has 0 aliphatic carbocycles. The van der Waals surface area contributed by atoms with Crippen LogP contribution in [0.2, 0.25) is 0 Å². The van der Waals surface area contributed by atoms with Crippen LogP contribution in [-0.4, -0.2) is 82.1 Å². The first kappa shape index (κ1) is 27.2. The Labute approximate surface area is 169 Å². The Morgan fingerprint density at radius 1 is 0.750 bits per heavy atom. The van der Waals surface area contributed by atoms with Crippen LogP contribution in [-0.2, 0) is 4.79 Å². The molecule has 0 aromatic heterocycles. The molecule has 0 aliphatic rings. The SMILES string of the molecule is CCCCCCCCCCCCNCCNC(=O)[C@H](O)[C@@H](O)[C@H](O)[C@H](O)CO. The lowest BCUT2D eigenvalue weighted by Crippen LogP contribution is -2.52. The van der Waals surface area contributed by atoms with Crippen molar-refractivity contribution in [2.75, 3.05) is 26.2 Å². The van der Waals surface area contributed by atoms with Gasteiger partial charge in [-0.05, 0) is 13.0 Å². The van der Waals surface area contributed by atoms with Crippen LogP contribution in [0, 0.1) is 0 Å². The molecule has 8 heteroatoms. The summed E-state index contributed by atoms with van der Waals surface area (Å²) in [5.41, 5.74) is 0. The topological polar surface area (TPSA) is 142 Å². The first-order valence-electron chi connectivity index (χ1n) is 10.8. The summed E-state index contributed by atoms with van der Waals surface area (Å²) < 4.78 is 0. The molecule has 168 valence electrons. The predicted octanol–water partition coefficient (Wildman–Crippen LogP) is 0.0490. The van der Waals surface area contributed by atoms with Crippen LogP contribution in [0.25, 0.3) is 0 Å². The Hall–Kier alpha value is -0.770. The molecule has 0 aromatic carbocycles. The molecule has 0 unspecified atom stereocenters. The lowest BCUT2D eigenvalue weighted by atomic mass is 10.0. The molecule has 0 radical (unpaired) electrons. The van der Waals surface area contributed by atoms with Gasteiger partial charge in [0.2, 0.25) is 0 Å². The highest BCUT2D eigenvalue weighted by molar-refractivity contribution is 5.81. The molecule has 0 fully saturated rings. The van der Waals surface area contributed by atoms with Gasteiger partial charge in [-0.3, -0.25) is 4.79 Å². The van der Waals surface area contributed by atoms with Crippen LogP contribution in [0.4, 0.5) is 0 Å². The van der Waals surface area contributed by atoms with E-state index in [1.165, 1.54) is 57.8 Å². The molecular formula is C20H42N2O6. The molecule has 28 heavy (non-hydrogen) atoms. The summed E-state index contributed by atoms with van der Waals surface area (Å²) in [7, 11) is 0. The Morgan fingerprint density at radius 2 is 1.29 bits per heavy atom. The van der Waals surface area contributed by atoms with Crippen molar-refractivity contribution in [3.8, 4) is 0 Å². The summed E-state index contributed by atoms with van der Waals surface area (Å²) in [6, 6.07) is 0. The van der Waals surface area contributed by atoms with E-state index >= 15 is 0 Å². The van der Waals surface area contributed by atoms with Crippen LogP contribution in [0.1, 0.15) is 71.1 Å². The summed E-state index contributed by atoms with van der Waals surface area (Å²) in [6.07, 6.45) is 5.64. The van der Waals surface area contributed by atoms with E-state index in [2.05, 4.69) is 17.6 Å². The number of hydrogen-bond donors (Lipinski definition) is 7. The van der Waals surface area contributed by atoms with Gasteiger partial charge in [0.15, 0.2) is 6.10 Å². The number of unbranched alkanes of at least 4 members (excludes halogenated alkanes) is 9. The average Bonchev–Trinajstić information content (AvgIpc) is 2.71. The number of aliphatic hydroxyl groups excluding tert-OH is 5. The minimum absolute atomic E-state index is 0.277. The number of carbonyl (C=O) groups is 1. The van der Waals surface area contributed by atoms with E-state index in [0.29, 0.717) is 6.54 Å². The standard InChI is InChI=1S/C20H42N2O6/c1-2-3-4-5-6-7-8-9-10-11-12-21-13-14-22-20(28)19(27)18(26)17(25)16(24)15-23/h16-19,21,23-27H,2-15H2,1H3,(H,22,28)/t16-,17-,18+,19-/m1/s1. The van der Waals surface area contributed by atoms with Crippen molar-refractivity contribution >= 4 is 5.91 Å². The fourth-order valence-corrected chi connectivity index (χ4v) is 2.92. The lowest BCUT2D eigenvalue weighted by molar-refractivity contribution is -0.148. The molecule has 0 rings (SSSR count). The molecule has 4 atom stereocenters. The zero-order valence-corrected chi connectivity index (χ0v) is 17.4. The summed E-state index contributed by atoms with van der Waals surface area (Å²) >= 11 is 0. The monoisotopic (exact) mass is 406 g/mol. The molecule has 0 aromatic rings. The van der Waals surface area contributed by atoms with Crippen molar-refractivity contribution in [1.29, 1.82) is 0 Å². The fraction of sp³-hybridized carbons (Fsp3) is 0.950. The second kappa shape index (κ2) is 18.3. The number of amides is 1. The van der Waals surface area contributed by atoms with Crippen molar-refractivity contribution in [2.45, 2.75) is 95.5 Å². The summed E-state index contributed by atoms with van der Waals surface area (Å²) in [5.74, 6) is -0.836. The summed E-state index contributed by atoms with van der Waals surface area (Å²) in [5, 5.41) is 52.4. The molecule has 1 amide bonds. The average molecular weight is 407 g/mol. The minimum atomic E-state index is -1.88. The van der Waals surface area contributed by atoms with Gasteiger partial charge < -0.3 is 36.2 Å². The van der Waals surface area contributed by atoms with E-state index in [9.17, 15) is 25.2 Å². The van der Waals surface area contributed by atoms with Gasteiger partial charge in [-0.2, -0.15) is 0 Å². The fourth-order valence-electron chi connectivity index (χ4n) is 2.92. The number of hydrogen-bond acceptors (Lipinski definition) is 7. The van der Waals surface area contributed by atoms with Gasteiger partial charge in [-0.15, -0.1) is 0 Å². The highest BCUT2D eigenvalue weighted by Gasteiger charge is 2.33. The lowest BCUT2D eigenvalue weighted by Gasteiger charge is -2.24. The van der Waals surface area contributed by atoms with Crippen LogP contribution in [0.15, 0.2) is 0 Å². The molecule has 0 saturated carbocycles. The van der Waals surface area contributed by atoms with Gasteiger partial charge in [0.25, 0.3) is 5.91 Å². The smallest absolute Gasteiger partial charge is 0.251 e. The number of aliphatic hydroxyl groups is 5. The Balaban J connectivity index is 3.54. The van der Waals surface area contributed by atoms with Crippen molar-refractivity contribution in [1.82, 2.24) is 10.6 Å². The molecule has 0 bridgehead atoms. The molecule has 0 heterocycles. The highest BCUT2D eigenvalue weighted by atomic mass is 16.4. The third-order valence-electron chi connectivity index (χ3n) is 4.83. The van der Waals surface area contributed by atoms with Gasteiger partial charge in [0, 0.05) is 13.1 Å². The Morgan fingerprint density at radius 3 is 1.82 bits per heavy atom. The molecule has 8 nitrogen and oxygen atoms in total. The van der Waals surface area contributed by atoms with Gasteiger partial charge in [-0.25, -0.2) is 0 Å². The normalized spacial score (nSPS) is 15.8. The quantitative estimate of drug-likeness (QED) is 0.150. The van der Waals surface area contributed by atoms with Crippen LogP contribution < -0.4 is 10.6 Å². The first-order chi connectivity index (χ1) is 13.5. The molecular weight excluding hydrogens is 364 g/mol. The van der Waals surface area contributed by atoms with Gasteiger partial charge in [0.1, 0.15) is 18.3 Å². The zero-order valence-electron chi connectivity index (χ0n) is 17.4. The maximum Gasteiger partial charge on any atom is 0.251 e. The van der Waals surface area contributed by atoms with Crippen LogP contribution in [0.5, 0.6) is 0 Å². The van der Waals surface area contributed by atoms with Crippen molar-refractivity contribution in [3.05, 3.63) is 0 Å². The van der Waals surface area contributed by atoms with E-state index in [4.69, 9.17) is 5.11 Å². The third-order valence-corrected chi connectivity index (χ3v) is 4.83. The van der Waals surface area contributed by atoms with Gasteiger partial charge in [-0.1, -0.05) is 64.7 Å². The van der Waals surface area contributed by atoms with Crippen molar-refractivity contribution in [2.24, 2.45) is 0 Å². The number of nitrogens with one attached hydrogen (secondary N) is 2. The number of rotatable bonds is 19. The highest BCUT2D eigenvalue weighted by Crippen LogP contribution is 2.10. The van der Waals surface area contributed by atoms with E-state index < -0.39 is 36.9 Å².